The number of rotatable bonds is 3. The van der Waals surface area contributed by atoms with Crippen LogP contribution in [0.25, 0.3) is 0 Å². The van der Waals surface area contributed by atoms with Crippen LogP contribution >= 0.6 is 11.3 Å². The molecule has 3 heterocycles. The van der Waals surface area contributed by atoms with Crippen LogP contribution in [0.4, 0.5) is 0 Å². The fourth-order valence-corrected chi connectivity index (χ4v) is 3.50. The van der Waals surface area contributed by atoms with E-state index in [2.05, 4.69) is 26.6 Å². The molecule has 2 saturated heterocycles. The molecule has 0 N–H and O–H groups in total. The standard InChI is InChI=1S/C13H20N2OS/c1-3-14(9-12-2-8-17-11-12)10-13(1)15-4-6-16-7-5-15/h2,8,11,13H,1,3-7,9-10H2/t13-/m1/s1. The number of hydrogen-bond acceptors (Lipinski definition) is 4. The highest BCUT2D eigenvalue weighted by Gasteiger charge is 2.28. The van der Waals surface area contributed by atoms with Gasteiger partial charge in [-0.2, -0.15) is 11.3 Å². The average molecular weight is 252 g/mol. The van der Waals surface area contributed by atoms with E-state index in [4.69, 9.17) is 4.74 Å². The van der Waals surface area contributed by atoms with Crippen LogP contribution in [0.15, 0.2) is 16.8 Å². The second-order valence-corrected chi connectivity index (χ2v) is 5.74. The highest BCUT2D eigenvalue weighted by Crippen LogP contribution is 2.19. The lowest BCUT2D eigenvalue weighted by Crippen LogP contribution is -2.44. The van der Waals surface area contributed by atoms with Crippen molar-refractivity contribution in [1.29, 1.82) is 0 Å². The Morgan fingerprint density at radius 1 is 1.29 bits per heavy atom. The summed E-state index contributed by atoms with van der Waals surface area (Å²) in [4.78, 5) is 5.19. The van der Waals surface area contributed by atoms with E-state index in [-0.39, 0.29) is 0 Å². The van der Waals surface area contributed by atoms with E-state index in [1.807, 2.05) is 0 Å². The SMILES string of the molecule is c1cc(CN2CC[C@@H](N3CCOCC3)C2)cs1. The monoisotopic (exact) mass is 252 g/mol. The molecule has 2 fully saturated rings. The molecule has 0 amide bonds. The molecule has 1 aromatic rings. The van der Waals surface area contributed by atoms with Gasteiger partial charge in [-0.1, -0.05) is 0 Å². The molecule has 0 bridgehead atoms. The van der Waals surface area contributed by atoms with Crippen LogP contribution in [0.5, 0.6) is 0 Å². The molecule has 0 aromatic carbocycles. The number of nitrogens with zero attached hydrogens (tertiary/aromatic N) is 2. The lowest BCUT2D eigenvalue weighted by Gasteiger charge is -2.32. The summed E-state index contributed by atoms with van der Waals surface area (Å²) in [5.41, 5.74) is 1.47. The van der Waals surface area contributed by atoms with E-state index in [1.54, 1.807) is 11.3 Å². The molecule has 0 radical (unpaired) electrons. The third-order valence-electron chi connectivity index (χ3n) is 3.80. The van der Waals surface area contributed by atoms with Crippen LogP contribution in [0.3, 0.4) is 0 Å². The molecular formula is C13H20N2OS. The van der Waals surface area contributed by atoms with Gasteiger partial charge in [0.1, 0.15) is 0 Å². The highest BCUT2D eigenvalue weighted by molar-refractivity contribution is 7.07. The van der Waals surface area contributed by atoms with Gasteiger partial charge >= 0.3 is 0 Å². The molecule has 0 spiro atoms. The summed E-state index contributed by atoms with van der Waals surface area (Å²) in [7, 11) is 0. The lowest BCUT2D eigenvalue weighted by atomic mass is 10.2. The second kappa shape index (κ2) is 5.48. The van der Waals surface area contributed by atoms with Crippen molar-refractivity contribution >= 4 is 11.3 Å². The average Bonchev–Trinajstić information content (AvgIpc) is 3.02. The van der Waals surface area contributed by atoms with Crippen LogP contribution in [0.1, 0.15) is 12.0 Å². The molecule has 3 rings (SSSR count). The Kier molecular flexibility index (Phi) is 3.76. The van der Waals surface area contributed by atoms with Crippen molar-refractivity contribution in [3.05, 3.63) is 22.4 Å². The third-order valence-corrected chi connectivity index (χ3v) is 4.53. The van der Waals surface area contributed by atoms with E-state index in [9.17, 15) is 0 Å². The van der Waals surface area contributed by atoms with Crippen molar-refractivity contribution in [3.8, 4) is 0 Å². The Hall–Kier alpha value is -0.420. The van der Waals surface area contributed by atoms with Gasteiger partial charge in [-0.3, -0.25) is 9.80 Å². The summed E-state index contributed by atoms with van der Waals surface area (Å²) in [5.74, 6) is 0. The van der Waals surface area contributed by atoms with Gasteiger partial charge in [0.25, 0.3) is 0 Å². The summed E-state index contributed by atoms with van der Waals surface area (Å²) in [6, 6.07) is 3.00. The number of hydrogen-bond donors (Lipinski definition) is 0. The molecule has 94 valence electrons. The topological polar surface area (TPSA) is 15.7 Å². The van der Waals surface area contributed by atoms with E-state index in [0.29, 0.717) is 0 Å². The molecule has 2 aliphatic rings. The van der Waals surface area contributed by atoms with Gasteiger partial charge < -0.3 is 4.74 Å². The first-order valence-electron chi connectivity index (χ1n) is 6.47. The molecule has 0 aliphatic carbocycles. The normalized spacial score (nSPS) is 27.6. The van der Waals surface area contributed by atoms with Gasteiger partial charge in [-0.15, -0.1) is 0 Å². The van der Waals surface area contributed by atoms with Crippen LogP contribution in [0.2, 0.25) is 0 Å². The first-order chi connectivity index (χ1) is 8.42. The predicted molar refractivity (Wildman–Crippen MR) is 70.4 cm³/mol. The molecular weight excluding hydrogens is 232 g/mol. The maximum absolute atomic E-state index is 5.42. The van der Waals surface area contributed by atoms with E-state index in [0.717, 1.165) is 38.9 Å². The number of morpholine rings is 1. The van der Waals surface area contributed by atoms with Crippen molar-refractivity contribution < 1.29 is 4.74 Å². The van der Waals surface area contributed by atoms with Gasteiger partial charge in [0.2, 0.25) is 0 Å². The number of thiophene rings is 1. The number of ether oxygens (including phenoxy) is 1. The zero-order valence-electron chi connectivity index (χ0n) is 10.2. The van der Waals surface area contributed by atoms with Crippen LogP contribution < -0.4 is 0 Å². The Balaban J connectivity index is 1.51. The fraction of sp³-hybridized carbons (Fsp3) is 0.692. The van der Waals surface area contributed by atoms with Gasteiger partial charge in [0.15, 0.2) is 0 Å². The van der Waals surface area contributed by atoms with Crippen LogP contribution in [-0.2, 0) is 11.3 Å². The minimum atomic E-state index is 0.762. The maximum atomic E-state index is 5.42. The van der Waals surface area contributed by atoms with Crippen LogP contribution in [0, 0.1) is 0 Å². The van der Waals surface area contributed by atoms with Gasteiger partial charge in [0, 0.05) is 38.8 Å². The summed E-state index contributed by atoms with van der Waals surface area (Å²) in [6.45, 7) is 7.69. The van der Waals surface area contributed by atoms with Crippen molar-refractivity contribution in [1.82, 2.24) is 9.80 Å². The molecule has 1 aromatic heterocycles. The van der Waals surface area contributed by atoms with E-state index in [1.165, 1.54) is 25.1 Å². The van der Waals surface area contributed by atoms with Crippen LogP contribution in [-0.4, -0.2) is 55.2 Å². The number of likely N-dealkylation sites (tertiary alicyclic amines) is 1. The summed E-state index contributed by atoms with van der Waals surface area (Å²) >= 11 is 1.80. The largest absolute Gasteiger partial charge is 0.379 e. The Labute approximate surface area is 107 Å². The van der Waals surface area contributed by atoms with E-state index >= 15 is 0 Å². The van der Waals surface area contributed by atoms with Gasteiger partial charge in [0.05, 0.1) is 13.2 Å². The first kappa shape index (κ1) is 11.7. The molecule has 0 unspecified atom stereocenters. The zero-order valence-corrected chi connectivity index (χ0v) is 11.0. The minimum absolute atomic E-state index is 0.762. The predicted octanol–water partition coefficient (Wildman–Crippen LogP) is 1.65. The minimum Gasteiger partial charge on any atom is -0.379 e. The summed E-state index contributed by atoms with van der Waals surface area (Å²) in [5, 5.41) is 4.44. The molecule has 17 heavy (non-hydrogen) atoms. The Morgan fingerprint density at radius 2 is 2.18 bits per heavy atom. The third kappa shape index (κ3) is 2.88. The second-order valence-electron chi connectivity index (χ2n) is 4.96. The quantitative estimate of drug-likeness (QED) is 0.813. The van der Waals surface area contributed by atoms with Crippen molar-refractivity contribution in [3.63, 3.8) is 0 Å². The lowest BCUT2D eigenvalue weighted by molar-refractivity contribution is 0.0184. The molecule has 2 aliphatic heterocycles. The molecule has 1 atom stereocenters. The van der Waals surface area contributed by atoms with Crippen molar-refractivity contribution in [2.45, 2.75) is 19.0 Å². The highest BCUT2D eigenvalue weighted by atomic mass is 32.1. The molecule has 4 heteroatoms. The van der Waals surface area contributed by atoms with Gasteiger partial charge in [-0.25, -0.2) is 0 Å². The Morgan fingerprint density at radius 3 is 2.94 bits per heavy atom. The fourth-order valence-electron chi connectivity index (χ4n) is 2.84. The molecule has 3 nitrogen and oxygen atoms in total. The Bertz CT molecular complexity index is 335. The smallest absolute Gasteiger partial charge is 0.0594 e. The van der Waals surface area contributed by atoms with Crippen molar-refractivity contribution in [2.75, 3.05) is 39.4 Å². The zero-order chi connectivity index (χ0) is 11.5. The van der Waals surface area contributed by atoms with Crippen molar-refractivity contribution in [2.24, 2.45) is 0 Å². The summed E-state index contributed by atoms with van der Waals surface area (Å²) < 4.78 is 5.42. The summed E-state index contributed by atoms with van der Waals surface area (Å²) in [6.07, 6.45) is 1.32. The van der Waals surface area contributed by atoms with E-state index < -0.39 is 0 Å². The first-order valence-corrected chi connectivity index (χ1v) is 7.41. The van der Waals surface area contributed by atoms with Gasteiger partial charge in [-0.05, 0) is 28.8 Å². The maximum Gasteiger partial charge on any atom is 0.0594 e. The molecule has 0 saturated carbocycles.